The topological polar surface area (TPSA) is 64.6 Å². The molecule has 1 saturated heterocycles. The average Bonchev–Trinajstić information content (AvgIpc) is 2.92. The van der Waals surface area contributed by atoms with Crippen molar-refractivity contribution in [2.75, 3.05) is 18.5 Å². The zero-order valence-corrected chi connectivity index (χ0v) is 11.6. The number of hydrogen-bond donors (Lipinski definition) is 1. The van der Waals surface area contributed by atoms with Crippen LogP contribution in [0.4, 0.5) is 5.69 Å². The van der Waals surface area contributed by atoms with E-state index >= 15 is 0 Å². The summed E-state index contributed by atoms with van der Waals surface area (Å²) in [7, 11) is 0. The zero-order valence-electron chi connectivity index (χ0n) is 11.6. The third kappa shape index (κ3) is 3.81. The number of carbonyl (C=O) groups is 2. The predicted molar refractivity (Wildman–Crippen MR) is 74.6 cm³/mol. The Hall–Kier alpha value is -1.88. The van der Waals surface area contributed by atoms with E-state index < -0.39 is 5.97 Å². The summed E-state index contributed by atoms with van der Waals surface area (Å²) in [6, 6.07) is 6.84. The molecule has 20 heavy (non-hydrogen) atoms. The van der Waals surface area contributed by atoms with Crippen LogP contribution in [-0.4, -0.2) is 31.2 Å². The van der Waals surface area contributed by atoms with Crippen molar-refractivity contribution in [3.05, 3.63) is 29.8 Å². The minimum atomic E-state index is -0.430. The smallest absolute Gasteiger partial charge is 0.340 e. The molecule has 1 aliphatic heterocycles. The van der Waals surface area contributed by atoms with Gasteiger partial charge < -0.3 is 14.8 Å². The number of hydrogen-bond acceptors (Lipinski definition) is 4. The van der Waals surface area contributed by atoms with Gasteiger partial charge in [-0.3, -0.25) is 4.79 Å². The number of nitrogens with one attached hydrogen (secondary N) is 1. The van der Waals surface area contributed by atoms with Crippen LogP contribution >= 0.6 is 0 Å². The fourth-order valence-electron chi connectivity index (χ4n) is 2.19. The second-order valence-corrected chi connectivity index (χ2v) is 4.65. The highest BCUT2D eigenvalue weighted by molar-refractivity contribution is 6.01. The fourth-order valence-corrected chi connectivity index (χ4v) is 2.19. The number of ether oxygens (including phenoxy) is 2. The van der Waals surface area contributed by atoms with Gasteiger partial charge in [-0.1, -0.05) is 12.1 Å². The van der Waals surface area contributed by atoms with E-state index in [-0.39, 0.29) is 12.0 Å². The molecule has 1 aromatic carbocycles. The highest BCUT2D eigenvalue weighted by atomic mass is 16.5. The van der Waals surface area contributed by atoms with Crippen molar-refractivity contribution in [1.29, 1.82) is 0 Å². The lowest BCUT2D eigenvalue weighted by Crippen LogP contribution is -2.20. The maximum absolute atomic E-state index is 12.0. The van der Waals surface area contributed by atoms with Crippen molar-refractivity contribution < 1.29 is 19.1 Å². The van der Waals surface area contributed by atoms with Crippen LogP contribution in [0.5, 0.6) is 0 Å². The number of amides is 1. The molecule has 0 aliphatic carbocycles. The molecule has 0 aromatic heterocycles. The van der Waals surface area contributed by atoms with E-state index in [1.807, 2.05) is 0 Å². The van der Waals surface area contributed by atoms with Gasteiger partial charge in [-0.15, -0.1) is 0 Å². The Morgan fingerprint density at radius 2 is 2.20 bits per heavy atom. The summed E-state index contributed by atoms with van der Waals surface area (Å²) in [5, 5.41) is 2.76. The van der Waals surface area contributed by atoms with E-state index in [1.165, 1.54) is 0 Å². The summed E-state index contributed by atoms with van der Waals surface area (Å²) in [6.07, 6.45) is 2.21. The van der Waals surface area contributed by atoms with Gasteiger partial charge in [0.05, 0.1) is 30.4 Å². The summed E-state index contributed by atoms with van der Waals surface area (Å²) in [5.74, 6) is -0.575. The van der Waals surface area contributed by atoms with Gasteiger partial charge in [0.25, 0.3) is 0 Å². The first kappa shape index (κ1) is 14.5. The average molecular weight is 277 g/mol. The van der Waals surface area contributed by atoms with Gasteiger partial charge in [0.15, 0.2) is 0 Å². The highest BCUT2D eigenvalue weighted by Gasteiger charge is 2.20. The van der Waals surface area contributed by atoms with Crippen molar-refractivity contribution in [3.8, 4) is 0 Å². The number of esters is 1. The number of benzene rings is 1. The van der Waals surface area contributed by atoms with Gasteiger partial charge in [0, 0.05) is 6.61 Å². The third-order valence-electron chi connectivity index (χ3n) is 3.13. The molecule has 1 amide bonds. The Morgan fingerprint density at radius 1 is 1.40 bits per heavy atom. The van der Waals surface area contributed by atoms with Crippen molar-refractivity contribution in [2.24, 2.45) is 0 Å². The molecule has 0 saturated carbocycles. The lowest BCUT2D eigenvalue weighted by atomic mass is 10.1. The van der Waals surface area contributed by atoms with Crippen molar-refractivity contribution >= 4 is 17.6 Å². The summed E-state index contributed by atoms with van der Waals surface area (Å²) in [5.41, 5.74) is 0.851. The molecule has 1 fully saturated rings. The van der Waals surface area contributed by atoms with Crippen LogP contribution in [0.1, 0.15) is 36.5 Å². The predicted octanol–water partition coefficient (Wildman–Crippen LogP) is 2.37. The minimum Gasteiger partial charge on any atom is -0.462 e. The maximum atomic E-state index is 12.0. The molecule has 5 nitrogen and oxygen atoms in total. The molecule has 0 spiro atoms. The van der Waals surface area contributed by atoms with Crippen LogP contribution in [0.2, 0.25) is 0 Å². The highest BCUT2D eigenvalue weighted by Crippen LogP contribution is 2.19. The summed E-state index contributed by atoms with van der Waals surface area (Å²) >= 11 is 0. The number of para-hydroxylation sites is 1. The summed E-state index contributed by atoms with van der Waals surface area (Å²) in [6.45, 7) is 2.77. The monoisotopic (exact) mass is 277 g/mol. The van der Waals surface area contributed by atoms with E-state index in [0.717, 1.165) is 19.4 Å². The van der Waals surface area contributed by atoms with Gasteiger partial charge in [-0.2, -0.15) is 0 Å². The van der Waals surface area contributed by atoms with Gasteiger partial charge in [-0.05, 0) is 31.9 Å². The molecule has 0 radical (unpaired) electrons. The first-order valence-electron chi connectivity index (χ1n) is 6.88. The van der Waals surface area contributed by atoms with E-state index in [0.29, 0.717) is 24.3 Å². The fraction of sp³-hybridized carbons (Fsp3) is 0.467. The van der Waals surface area contributed by atoms with Gasteiger partial charge in [0.1, 0.15) is 0 Å². The Kier molecular flexibility index (Phi) is 5.12. The van der Waals surface area contributed by atoms with Crippen LogP contribution in [0.15, 0.2) is 24.3 Å². The molecule has 2 rings (SSSR count). The van der Waals surface area contributed by atoms with Crippen molar-refractivity contribution in [2.45, 2.75) is 32.3 Å². The molecule has 108 valence electrons. The van der Waals surface area contributed by atoms with E-state index in [2.05, 4.69) is 5.32 Å². The van der Waals surface area contributed by atoms with Crippen LogP contribution in [0.3, 0.4) is 0 Å². The summed E-state index contributed by atoms with van der Waals surface area (Å²) in [4.78, 5) is 23.8. The molecular weight excluding hydrogens is 258 g/mol. The Labute approximate surface area is 118 Å². The van der Waals surface area contributed by atoms with E-state index in [1.54, 1.807) is 31.2 Å². The largest absolute Gasteiger partial charge is 0.462 e. The molecule has 5 heteroatoms. The van der Waals surface area contributed by atoms with Gasteiger partial charge >= 0.3 is 5.97 Å². The minimum absolute atomic E-state index is 0.00949. The SMILES string of the molecule is CCOC(=O)c1ccccc1NC(=O)CC1CCCO1. The normalized spacial score (nSPS) is 17.8. The molecule has 1 atom stereocenters. The molecule has 1 heterocycles. The lowest BCUT2D eigenvalue weighted by molar-refractivity contribution is -0.118. The number of carbonyl (C=O) groups excluding carboxylic acids is 2. The Bertz CT molecular complexity index is 481. The second kappa shape index (κ2) is 7.05. The molecule has 1 aliphatic rings. The zero-order chi connectivity index (χ0) is 14.4. The number of rotatable bonds is 5. The molecule has 0 bridgehead atoms. The lowest BCUT2D eigenvalue weighted by Gasteiger charge is -2.12. The number of anilines is 1. The molecule has 1 aromatic rings. The standard InChI is InChI=1S/C15H19NO4/c1-2-19-15(18)12-7-3-4-8-13(12)16-14(17)10-11-6-5-9-20-11/h3-4,7-8,11H,2,5-6,9-10H2,1H3,(H,16,17). The van der Waals surface area contributed by atoms with Crippen LogP contribution in [-0.2, 0) is 14.3 Å². The molecule has 1 unspecified atom stereocenters. The first-order chi connectivity index (χ1) is 9.70. The quantitative estimate of drug-likeness (QED) is 0.839. The molecular formula is C15H19NO4. The van der Waals surface area contributed by atoms with Gasteiger partial charge in [0.2, 0.25) is 5.91 Å². The van der Waals surface area contributed by atoms with Gasteiger partial charge in [-0.25, -0.2) is 4.79 Å². The van der Waals surface area contributed by atoms with Crippen LogP contribution in [0, 0.1) is 0 Å². The third-order valence-corrected chi connectivity index (χ3v) is 3.13. The van der Waals surface area contributed by atoms with Crippen LogP contribution in [0.25, 0.3) is 0 Å². The Morgan fingerprint density at radius 3 is 2.90 bits per heavy atom. The van der Waals surface area contributed by atoms with Crippen molar-refractivity contribution in [3.63, 3.8) is 0 Å². The summed E-state index contributed by atoms with van der Waals surface area (Å²) < 4.78 is 10.4. The molecule has 1 N–H and O–H groups in total. The van der Waals surface area contributed by atoms with Crippen molar-refractivity contribution in [1.82, 2.24) is 0 Å². The second-order valence-electron chi connectivity index (χ2n) is 4.65. The van der Waals surface area contributed by atoms with Crippen LogP contribution < -0.4 is 5.32 Å². The first-order valence-corrected chi connectivity index (χ1v) is 6.88. The Balaban J connectivity index is 2.00. The maximum Gasteiger partial charge on any atom is 0.340 e. The van der Waals surface area contributed by atoms with E-state index in [9.17, 15) is 9.59 Å². The van der Waals surface area contributed by atoms with E-state index in [4.69, 9.17) is 9.47 Å².